The predicted octanol–water partition coefficient (Wildman–Crippen LogP) is 2.21. The van der Waals surface area contributed by atoms with Gasteiger partial charge in [0.15, 0.2) is 0 Å². The summed E-state index contributed by atoms with van der Waals surface area (Å²) in [6, 6.07) is 1.81. The molecule has 1 aromatic heterocycles. The molecule has 18 N–H and O–H groups in total. The van der Waals surface area contributed by atoms with Gasteiger partial charge in [-0.15, -0.1) is 0 Å². The van der Waals surface area contributed by atoms with Gasteiger partial charge in [0.2, 0.25) is 76.8 Å². The van der Waals surface area contributed by atoms with Crippen LogP contribution in [0.25, 0.3) is 10.9 Å². The fraction of sp³-hybridized carbons (Fsp3) is 0.628. The first-order valence-electron chi connectivity index (χ1n) is 38.7. The highest BCUT2D eigenvalue weighted by atomic mass is 16.4. The molecule has 0 saturated carbocycles. The summed E-state index contributed by atoms with van der Waals surface area (Å²) in [4.78, 5) is 203. The highest BCUT2D eigenvalue weighted by molar-refractivity contribution is 5.99. The number of para-hydroxylation sites is 1. The number of carbonyl (C=O) groups excluding carboxylic acids is 14. The fourth-order valence-corrected chi connectivity index (χ4v) is 13.0. The van der Waals surface area contributed by atoms with E-state index in [-0.39, 0.29) is 81.4 Å². The van der Waals surface area contributed by atoms with Gasteiger partial charge < -0.3 is 94.6 Å². The molecule has 0 bridgehead atoms. The second-order valence-electron chi connectivity index (χ2n) is 30.0. The standard InChI is InChI=1S/C78H120N14O18/c1-46(2)37-57(72(103)88-60(42-65(80)97)71(102)83-53(44-93)40-51-27-20-19-21-28-51)86-69(100)49(7)82-75(106)62(45-94)84-66(98)32-22-17-15-13-11-9-10-12-14-16-18-23-33-67(99)92-36-26-31-63(92)76(107)85-56(34-35-64(79)96)70(101)87-59(39-48(5)6)74(105)91-68(50(8)95)77(108)89-58(38-47(3)4)73(104)90-61(78(109)110)41-52-43-81-55-30-25-24-29-54(52)55/h19-21,24-25,27-30,43-44,46-50,53,56-63,68,81,94-95H,9-18,22-23,26,31-42,45H2,1-8H3,(H2,79,96)(H2,80,97)(H,82,106)(H,83,102)(H,84,98)(H,85,107)(H,86,100)(H,87,101)(H,88,103)(H,89,108)(H,90,104)(H,91,105)(H,109,110)/t49-,50+,53-,56-,57-,58-,59-,60-,61-,62-,63-,68-/m0/s1. The molecule has 4 rings (SSSR count). The number of benzene rings is 2. The Morgan fingerprint density at radius 1 is 0.509 bits per heavy atom. The molecule has 110 heavy (non-hydrogen) atoms. The van der Waals surface area contributed by atoms with Crippen molar-refractivity contribution >= 4 is 100.0 Å². The molecule has 0 aliphatic carbocycles. The van der Waals surface area contributed by atoms with Crippen LogP contribution in [0.5, 0.6) is 0 Å². The molecule has 2 aromatic carbocycles. The first-order valence-corrected chi connectivity index (χ1v) is 38.7. The highest BCUT2D eigenvalue weighted by Gasteiger charge is 2.39. The van der Waals surface area contributed by atoms with Gasteiger partial charge in [-0.3, -0.25) is 62.3 Å². The second kappa shape index (κ2) is 48.6. The predicted molar refractivity (Wildman–Crippen MR) is 410 cm³/mol. The molecule has 0 spiro atoms. The zero-order chi connectivity index (χ0) is 81.6. The van der Waals surface area contributed by atoms with E-state index in [9.17, 15) is 87.2 Å². The lowest BCUT2D eigenvalue weighted by atomic mass is 9.99. The summed E-state index contributed by atoms with van der Waals surface area (Å²) in [6.07, 6.45) is 11.3. The third kappa shape index (κ3) is 33.6. The van der Waals surface area contributed by atoms with Crippen LogP contribution in [0.4, 0.5) is 0 Å². The summed E-state index contributed by atoms with van der Waals surface area (Å²) in [7, 11) is 0. The number of nitrogens with zero attached hydrogens (tertiary/aromatic N) is 1. The topological polar surface area (TPSA) is 508 Å². The maximum Gasteiger partial charge on any atom is 0.326 e. The van der Waals surface area contributed by atoms with Crippen molar-refractivity contribution in [3.8, 4) is 0 Å². The van der Waals surface area contributed by atoms with Crippen molar-refractivity contribution in [3.05, 3.63) is 71.9 Å². The SMILES string of the molecule is CC(C)C[C@H](NC(=O)[C@H](C)NC(=O)[C@H](CO)NC(=O)CCCCCCCCCCCCCCC(=O)N1CCC[C@H]1C(=O)N[C@@H](CCC(N)=O)C(=O)N[C@@H](CC(C)C)C(=O)N[C@H](C(=O)N[C@@H](CC(C)C)C(=O)N[C@@H](Cc1c[nH]c2ccccc12)C(=O)O)[C@@H](C)O)C(=O)N[C@@H](CC(N)=O)C(=O)N[C@H](C=O)Cc1ccccc1. The van der Waals surface area contributed by atoms with Crippen LogP contribution in [0.15, 0.2) is 60.8 Å². The number of hydrogen-bond donors (Lipinski definition) is 16. The number of amides is 13. The monoisotopic (exact) mass is 1540 g/mol. The van der Waals surface area contributed by atoms with E-state index in [0.29, 0.717) is 44.1 Å². The number of carboxylic acids is 1. The molecule has 2 heterocycles. The molecule has 3 aromatic rings. The van der Waals surface area contributed by atoms with Gasteiger partial charge in [-0.2, -0.15) is 0 Å². The molecule has 0 radical (unpaired) electrons. The van der Waals surface area contributed by atoms with Gasteiger partial charge in [0.25, 0.3) is 0 Å². The molecule has 32 nitrogen and oxygen atoms in total. The zero-order valence-corrected chi connectivity index (χ0v) is 65.0. The Labute approximate surface area is 643 Å². The summed E-state index contributed by atoms with van der Waals surface area (Å²) in [6.45, 7) is 12.9. The Kier molecular flexibility index (Phi) is 40.9. The number of aliphatic carboxylic acids is 1. The Bertz CT molecular complexity index is 3530. The average molecular weight is 1540 g/mol. The van der Waals surface area contributed by atoms with Gasteiger partial charge in [-0.05, 0) is 107 Å². The maximum absolute atomic E-state index is 14.1. The van der Waals surface area contributed by atoms with Gasteiger partial charge in [-0.25, -0.2) is 4.79 Å². The number of likely N-dealkylation sites (tertiary alicyclic amines) is 1. The Balaban J connectivity index is 1.15. The van der Waals surface area contributed by atoms with Gasteiger partial charge >= 0.3 is 5.97 Å². The molecule has 1 fully saturated rings. The van der Waals surface area contributed by atoms with Crippen molar-refractivity contribution < 1.29 is 87.2 Å². The third-order valence-electron chi connectivity index (χ3n) is 18.9. The zero-order valence-electron chi connectivity index (χ0n) is 65.0. The molecule has 1 saturated heterocycles. The normalized spacial score (nSPS) is 15.8. The fourth-order valence-electron chi connectivity index (χ4n) is 13.0. The summed E-state index contributed by atoms with van der Waals surface area (Å²) in [5.74, 6) is -11.7. The lowest BCUT2D eigenvalue weighted by Crippen LogP contribution is -2.61. The molecule has 13 amide bonds. The number of fused-ring (bicyclic) bond motifs is 1. The number of unbranched alkanes of at least 4 members (excludes halogenated alkanes) is 11. The van der Waals surface area contributed by atoms with E-state index in [1.165, 1.54) is 18.7 Å². The summed E-state index contributed by atoms with van der Waals surface area (Å²) >= 11 is 0. The quantitative estimate of drug-likeness (QED) is 0.0284. The lowest BCUT2D eigenvalue weighted by molar-refractivity contribution is -0.142. The number of carbonyl (C=O) groups is 15. The number of aliphatic hydroxyl groups excluding tert-OH is 2. The number of rotatable bonds is 53. The van der Waals surface area contributed by atoms with Gasteiger partial charge in [0, 0.05) is 49.3 Å². The van der Waals surface area contributed by atoms with Crippen LogP contribution in [0.3, 0.4) is 0 Å². The molecular formula is C78H120N14O18. The number of aldehydes is 1. The Morgan fingerprint density at radius 2 is 0.991 bits per heavy atom. The number of H-pyrrole nitrogens is 1. The first kappa shape index (κ1) is 92.5. The Morgan fingerprint density at radius 3 is 1.52 bits per heavy atom. The van der Waals surface area contributed by atoms with Crippen LogP contribution in [0, 0.1) is 17.8 Å². The van der Waals surface area contributed by atoms with Crippen LogP contribution in [0.2, 0.25) is 0 Å². The first-order chi connectivity index (χ1) is 52.2. The number of nitrogens with one attached hydrogen (secondary N) is 11. The van der Waals surface area contributed by atoms with E-state index in [2.05, 4.69) is 58.2 Å². The number of nitrogens with two attached hydrogens (primary N) is 2. The molecular weight excluding hydrogens is 1420 g/mol. The van der Waals surface area contributed by atoms with E-state index in [1.807, 2.05) is 18.2 Å². The number of carboxylic acid groups (broad SMARTS) is 1. The number of aromatic nitrogens is 1. The van der Waals surface area contributed by atoms with Crippen molar-refractivity contribution in [2.45, 2.75) is 282 Å². The molecule has 0 unspecified atom stereocenters. The van der Waals surface area contributed by atoms with Gasteiger partial charge in [-0.1, -0.05) is 154 Å². The van der Waals surface area contributed by atoms with Gasteiger partial charge in [0.05, 0.1) is 25.2 Å². The molecule has 610 valence electrons. The van der Waals surface area contributed by atoms with Crippen molar-refractivity contribution in [3.63, 3.8) is 0 Å². The van der Waals surface area contributed by atoms with Crippen molar-refractivity contribution in [2.24, 2.45) is 29.2 Å². The largest absolute Gasteiger partial charge is 0.480 e. The minimum atomic E-state index is -1.67. The molecule has 1 aliphatic heterocycles. The average Bonchev–Trinajstić information content (AvgIpc) is 1.60. The van der Waals surface area contributed by atoms with Crippen LogP contribution in [-0.4, -0.2) is 200 Å². The second-order valence-corrected chi connectivity index (χ2v) is 30.0. The van der Waals surface area contributed by atoms with E-state index in [1.54, 1.807) is 84.1 Å². The van der Waals surface area contributed by atoms with E-state index in [0.717, 1.165) is 80.7 Å². The van der Waals surface area contributed by atoms with E-state index >= 15 is 0 Å². The highest BCUT2D eigenvalue weighted by Crippen LogP contribution is 2.23. The smallest absolute Gasteiger partial charge is 0.326 e. The third-order valence-corrected chi connectivity index (χ3v) is 18.9. The van der Waals surface area contributed by atoms with E-state index < -0.39 is 162 Å². The van der Waals surface area contributed by atoms with Crippen LogP contribution < -0.4 is 64.6 Å². The summed E-state index contributed by atoms with van der Waals surface area (Å²) < 4.78 is 0. The van der Waals surface area contributed by atoms with Gasteiger partial charge in [0.1, 0.15) is 66.7 Å². The maximum atomic E-state index is 14.1. The van der Waals surface area contributed by atoms with Crippen LogP contribution >= 0.6 is 0 Å². The van der Waals surface area contributed by atoms with Crippen LogP contribution in [-0.2, 0) is 84.8 Å². The number of aromatic amines is 1. The minimum Gasteiger partial charge on any atom is -0.480 e. The summed E-state index contributed by atoms with van der Waals surface area (Å²) in [5, 5.41) is 57.3. The lowest BCUT2D eigenvalue weighted by Gasteiger charge is -2.29. The molecule has 32 heteroatoms. The molecule has 12 atom stereocenters. The molecule has 1 aliphatic rings. The van der Waals surface area contributed by atoms with Crippen molar-refractivity contribution in [1.82, 2.24) is 63.1 Å². The minimum absolute atomic E-state index is 0.0174. The van der Waals surface area contributed by atoms with E-state index in [4.69, 9.17) is 11.5 Å². The Hall–Kier alpha value is -9.85. The number of aliphatic hydroxyl groups is 2. The van der Waals surface area contributed by atoms with Crippen LogP contribution in [0.1, 0.15) is 208 Å². The van der Waals surface area contributed by atoms with Crippen molar-refractivity contribution in [2.75, 3.05) is 13.2 Å². The number of hydrogen-bond acceptors (Lipinski definition) is 17. The van der Waals surface area contributed by atoms with Crippen molar-refractivity contribution in [1.29, 1.82) is 0 Å². The number of primary amides is 2. The summed E-state index contributed by atoms with van der Waals surface area (Å²) in [5.41, 5.74) is 13.1.